The Labute approximate surface area is 113 Å². The molecule has 0 radical (unpaired) electrons. The van der Waals surface area contributed by atoms with Gasteiger partial charge < -0.3 is 10.2 Å². The molecule has 0 spiro atoms. The Hall–Kier alpha value is -1.94. The van der Waals surface area contributed by atoms with Crippen LogP contribution in [0, 0.1) is 5.82 Å². The minimum atomic E-state index is -0.181. The third kappa shape index (κ3) is 3.29. The topological polar surface area (TPSA) is 28.2 Å². The van der Waals surface area contributed by atoms with Gasteiger partial charge in [0.25, 0.3) is 0 Å². The van der Waals surface area contributed by atoms with Crippen LogP contribution in [0.5, 0.6) is 0 Å². The highest BCUT2D eigenvalue weighted by molar-refractivity contribution is 5.53. The molecule has 19 heavy (non-hydrogen) atoms. The third-order valence-electron chi connectivity index (χ3n) is 2.98. The quantitative estimate of drug-likeness (QED) is 0.894. The van der Waals surface area contributed by atoms with E-state index in [4.69, 9.17) is 0 Å². The summed E-state index contributed by atoms with van der Waals surface area (Å²) in [5.74, 6) is -0.181. The summed E-state index contributed by atoms with van der Waals surface area (Å²) in [6, 6.07) is 11.0. The molecule has 0 aliphatic rings. The van der Waals surface area contributed by atoms with Gasteiger partial charge in [0.05, 0.1) is 12.2 Å². The minimum Gasteiger partial charge on any atom is -0.368 e. The predicted octanol–water partition coefficient (Wildman–Crippen LogP) is 2.58. The first-order valence-electron chi connectivity index (χ1n) is 6.25. The van der Waals surface area contributed by atoms with E-state index < -0.39 is 0 Å². The van der Waals surface area contributed by atoms with Crippen LogP contribution in [-0.4, -0.2) is 19.1 Å². The molecule has 0 atom stereocenters. The molecule has 0 bridgehead atoms. The second kappa shape index (κ2) is 6.29. The van der Waals surface area contributed by atoms with Crippen molar-refractivity contribution in [2.75, 3.05) is 19.0 Å². The van der Waals surface area contributed by atoms with Gasteiger partial charge in [0.1, 0.15) is 5.82 Å². The van der Waals surface area contributed by atoms with E-state index in [0.717, 1.165) is 11.4 Å². The van der Waals surface area contributed by atoms with Crippen LogP contribution in [0.4, 0.5) is 10.1 Å². The maximum absolute atomic E-state index is 13.9. The van der Waals surface area contributed by atoms with E-state index in [-0.39, 0.29) is 5.82 Å². The van der Waals surface area contributed by atoms with Gasteiger partial charge in [-0.3, -0.25) is 4.98 Å². The van der Waals surface area contributed by atoms with Crippen molar-refractivity contribution in [3.63, 3.8) is 0 Å². The van der Waals surface area contributed by atoms with Gasteiger partial charge in [-0.2, -0.15) is 0 Å². The Morgan fingerprint density at radius 2 is 2.05 bits per heavy atom. The van der Waals surface area contributed by atoms with Crippen molar-refractivity contribution in [3.05, 3.63) is 59.7 Å². The van der Waals surface area contributed by atoms with Crippen molar-refractivity contribution in [2.24, 2.45) is 0 Å². The first-order chi connectivity index (χ1) is 9.22. The summed E-state index contributed by atoms with van der Waals surface area (Å²) in [5.41, 5.74) is 2.54. The summed E-state index contributed by atoms with van der Waals surface area (Å²) in [7, 11) is 3.76. The fourth-order valence-corrected chi connectivity index (χ4v) is 2.08. The maximum Gasteiger partial charge on any atom is 0.129 e. The number of pyridine rings is 1. The molecule has 0 saturated heterocycles. The first-order valence-corrected chi connectivity index (χ1v) is 6.25. The second-order valence-corrected chi connectivity index (χ2v) is 4.44. The van der Waals surface area contributed by atoms with Crippen LogP contribution < -0.4 is 10.2 Å². The lowest BCUT2D eigenvalue weighted by atomic mass is 10.1. The zero-order valence-corrected chi connectivity index (χ0v) is 11.2. The number of nitrogens with one attached hydrogen (secondary N) is 1. The van der Waals surface area contributed by atoms with Crippen LogP contribution in [-0.2, 0) is 13.1 Å². The normalized spacial score (nSPS) is 10.5. The van der Waals surface area contributed by atoms with E-state index in [2.05, 4.69) is 10.3 Å². The smallest absolute Gasteiger partial charge is 0.129 e. The molecule has 3 nitrogen and oxygen atoms in total. The van der Waals surface area contributed by atoms with Gasteiger partial charge in [-0.05, 0) is 31.3 Å². The van der Waals surface area contributed by atoms with Crippen molar-refractivity contribution in [1.82, 2.24) is 10.3 Å². The van der Waals surface area contributed by atoms with Crippen molar-refractivity contribution in [2.45, 2.75) is 13.1 Å². The van der Waals surface area contributed by atoms with E-state index in [1.807, 2.05) is 43.3 Å². The molecule has 1 aromatic carbocycles. The molecule has 1 heterocycles. The molecule has 100 valence electrons. The van der Waals surface area contributed by atoms with Crippen LogP contribution in [0.3, 0.4) is 0 Å². The number of hydrogen-bond acceptors (Lipinski definition) is 3. The van der Waals surface area contributed by atoms with Gasteiger partial charge in [0, 0.05) is 31.0 Å². The molecule has 1 aromatic heterocycles. The van der Waals surface area contributed by atoms with Crippen molar-refractivity contribution < 1.29 is 4.39 Å². The Morgan fingerprint density at radius 1 is 1.21 bits per heavy atom. The average Bonchev–Trinajstić information content (AvgIpc) is 2.42. The lowest BCUT2D eigenvalue weighted by Crippen LogP contribution is -2.21. The van der Waals surface area contributed by atoms with Gasteiger partial charge in [-0.15, -0.1) is 0 Å². The van der Waals surface area contributed by atoms with E-state index in [1.54, 1.807) is 12.3 Å². The molecular formula is C15H18FN3. The summed E-state index contributed by atoms with van der Waals surface area (Å²) < 4.78 is 13.9. The van der Waals surface area contributed by atoms with Crippen molar-refractivity contribution >= 4 is 5.69 Å². The zero-order valence-electron chi connectivity index (χ0n) is 11.2. The minimum absolute atomic E-state index is 0.181. The maximum atomic E-state index is 13.9. The molecule has 1 N–H and O–H groups in total. The van der Waals surface area contributed by atoms with Crippen LogP contribution in [0.25, 0.3) is 0 Å². The number of anilines is 1. The number of halogens is 1. The van der Waals surface area contributed by atoms with Crippen LogP contribution in [0.15, 0.2) is 42.6 Å². The molecule has 2 rings (SSSR count). The summed E-state index contributed by atoms with van der Waals surface area (Å²) in [6.45, 7) is 1.16. The highest BCUT2D eigenvalue weighted by Crippen LogP contribution is 2.23. The van der Waals surface area contributed by atoms with Gasteiger partial charge >= 0.3 is 0 Å². The molecule has 0 fully saturated rings. The summed E-state index contributed by atoms with van der Waals surface area (Å²) in [5, 5.41) is 3.00. The van der Waals surface area contributed by atoms with Gasteiger partial charge in [0.2, 0.25) is 0 Å². The van der Waals surface area contributed by atoms with Crippen LogP contribution in [0.2, 0.25) is 0 Å². The fourth-order valence-electron chi connectivity index (χ4n) is 2.08. The average molecular weight is 259 g/mol. The van der Waals surface area contributed by atoms with Gasteiger partial charge in [0.15, 0.2) is 0 Å². The number of rotatable bonds is 5. The molecule has 2 aromatic rings. The van der Waals surface area contributed by atoms with E-state index in [0.29, 0.717) is 18.7 Å². The number of nitrogens with zero attached hydrogens (tertiary/aromatic N) is 2. The molecule has 0 amide bonds. The van der Waals surface area contributed by atoms with E-state index in [1.165, 1.54) is 6.07 Å². The third-order valence-corrected chi connectivity index (χ3v) is 2.98. The molecule has 4 heteroatoms. The van der Waals surface area contributed by atoms with Crippen LogP contribution in [0.1, 0.15) is 11.3 Å². The molecule has 0 aliphatic carbocycles. The Balaban J connectivity index is 2.23. The summed E-state index contributed by atoms with van der Waals surface area (Å²) in [6.07, 6.45) is 1.77. The molecule has 0 unspecified atom stereocenters. The Morgan fingerprint density at radius 3 is 2.74 bits per heavy atom. The Bertz CT molecular complexity index is 528. The largest absolute Gasteiger partial charge is 0.368 e. The SMILES string of the molecule is CNCc1c(F)cccc1N(C)Cc1ccccn1. The first kappa shape index (κ1) is 13.5. The van der Waals surface area contributed by atoms with Gasteiger partial charge in [-0.25, -0.2) is 4.39 Å². The highest BCUT2D eigenvalue weighted by Gasteiger charge is 2.11. The molecule has 0 aliphatic heterocycles. The Kier molecular flexibility index (Phi) is 4.47. The lowest BCUT2D eigenvalue weighted by molar-refractivity contribution is 0.599. The zero-order chi connectivity index (χ0) is 13.7. The lowest BCUT2D eigenvalue weighted by Gasteiger charge is -2.22. The van der Waals surface area contributed by atoms with Gasteiger partial charge in [-0.1, -0.05) is 12.1 Å². The number of hydrogen-bond donors (Lipinski definition) is 1. The van der Waals surface area contributed by atoms with Crippen molar-refractivity contribution in [1.29, 1.82) is 0 Å². The van der Waals surface area contributed by atoms with Crippen molar-refractivity contribution in [3.8, 4) is 0 Å². The predicted molar refractivity (Wildman–Crippen MR) is 75.5 cm³/mol. The standard InChI is InChI=1S/C15H18FN3/c1-17-10-13-14(16)7-5-8-15(13)19(2)11-12-6-3-4-9-18-12/h3-9,17H,10-11H2,1-2H3. The number of aromatic nitrogens is 1. The second-order valence-electron chi connectivity index (χ2n) is 4.44. The fraction of sp³-hybridized carbons (Fsp3) is 0.267. The summed E-state index contributed by atoms with van der Waals surface area (Å²) >= 11 is 0. The monoisotopic (exact) mass is 259 g/mol. The molecule has 0 saturated carbocycles. The van der Waals surface area contributed by atoms with Crippen LogP contribution >= 0.6 is 0 Å². The van der Waals surface area contributed by atoms with E-state index >= 15 is 0 Å². The summed E-state index contributed by atoms with van der Waals surface area (Å²) in [4.78, 5) is 6.30. The molecular weight excluding hydrogens is 241 g/mol. The highest BCUT2D eigenvalue weighted by atomic mass is 19.1. The van der Waals surface area contributed by atoms with E-state index in [9.17, 15) is 4.39 Å². The number of benzene rings is 1.